The topological polar surface area (TPSA) is 54.8 Å². The molecule has 0 unspecified atom stereocenters. The van der Waals surface area contributed by atoms with Gasteiger partial charge in [0.25, 0.3) is 5.91 Å². The molecule has 3 rings (SSSR count). The van der Waals surface area contributed by atoms with Crippen molar-refractivity contribution in [1.29, 1.82) is 0 Å². The number of hydrogen-bond donors (Lipinski definition) is 0. The van der Waals surface area contributed by atoms with Crippen molar-refractivity contribution in [2.45, 2.75) is 20.3 Å². The Morgan fingerprint density at radius 2 is 1.74 bits per heavy atom. The molecule has 0 bridgehead atoms. The van der Waals surface area contributed by atoms with E-state index >= 15 is 0 Å². The quantitative estimate of drug-likeness (QED) is 0.830. The normalized spacial score (nSPS) is 14.4. The van der Waals surface area contributed by atoms with Crippen molar-refractivity contribution in [3.63, 3.8) is 0 Å². The molecule has 0 saturated carbocycles. The lowest BCUT2D eigenvalue weighted by Crippen LogP contribution is -2.51. The largest absolute Gasteiger partial charge is 0.496 e. The Morgan fingerprint density at radius 3 is 2.33 bits per heavy atom. The summed E-state index contributed by atoms with van der Waals surface area (Å²) in [5, 5.41) is 0. The van der Waals surface area contributed by atoms with E-state index in [4.69, 9.17) is 4.74 Å². The zero-order chi connectivity index (χ0) is 19.6. The average Bonchev–Trinajstić information content (AvgIpc) is 3.05. The van der Waals surface area contributed by atoms with Gasteiger partial charge in [-0.25, -0.2) is 0 Å². The van der Waals surface area contributed by atoms with Crippen LogP contribution < -0.4 is 4.74 Å². The van der Waals surface area contributed by atoms with E-state index < -0.39 is 0 Å². The van der Waals surface area contributed by atoms with Crippen LogP contribution >= 0.6 is 0 Å². The molecular weight excluding hydrogens is 342 g/mol. The first-order valence-electron chi connectivity index (χ1n) is 9.22. The molecule has 2 amide bonds. The van der Waals surface area contributed by atoms with Crippen LogP contribution in [-0.2, 0) is 18.3 Å². The van der Waals surface area contributed by atoms with E-state index in [1.807, 2.05) is 65.9 Å². The summed E-state index contributed by atoms with van der Waals surface area (Å²) in [4.78, 5) is 29.2. The molecule has 0 spiro atoms. The van der Waals surface area contributed by atoms with Crippen molar-refractivity contribution in [2.75, 3.05) is 33.3 Å². The fraction of sp³-hybridized carbons (Fsp3) is 0.429. The van der Waals surface area contributed by atoms with Crippen molar-refractivity contribution < 1.29 is 14.3 Å². The lowest BCUT2D eigenvalue weighted by atomic mass is 10.0. The van der Waals surface area contributed by atoms with Crippen molar-refractivity contribution in [2.24, 2.45) is 7.05 Å². The molecular formula is C21H27N3O3. The summed E-state index contributed by atoms with van der Waals surface area (Å²) in [6, 6.07) is 5.85. The summed E-state index contributed by atoms with van der Waals surface area (Å²) in [6.45, 7) is 6.12. The van der Waals surface area contributed by atoms with Gasteiger partial charge < -0.3 is 19.1 Å². The van der Waals surface area contributed by atoms with Gasteiger partial charge in [0, 0.05) is 45.6 Å². The van der Waals surface area contributed by atoms with Gasteiger partial charge in [-0.1, -0.05) is 6.07 Å². The number of benzene rings is 1. The minimum absolute atomic E-state index is 0.0282. The zero-order valence-corrected chi connectivity index (χ0v) is 16.5. The van der Waals surface area contributed by atoms with Gasteiger partial charge in [0.2, 0.25) is 5.91 Å². The van der Waals surface area contributed by atoms with Gasteiger partial charge in [-0.3, -0.25) is 9.59 Å². The van der Waals surface area contributed by atoms with Gasteiger partial charge in [0.1, 0.15) is 5.75 Å². The number of aromatic nitrogens is 1. The van der Waals surface area contributed by atoms with Crippen LogP contribution in [0.4, 0.5) is 0 Å². The number of nitrogens with zero attached hydrogens (tertiary/aromatic N) is 3. The molecule has 1 aliphatic rings. The molecule has 1 aromatic heterocycles. The van der Waals surface area contributed by atoms with Gasteiger partial charge in [0.05, 0.1) is 19.1 Å². The van der Waals surface area contributed by atoms with Crippen molar-refractivity contribution in [3.05, 3.63) is 52.8 Å². The molecule has 1 saturated heterocycles. The first-order chi connectivity index (χ1) is 12.9. The third-order valence-electron chi connectivity index (χ3n) is 5.05. The predicted molar refractivity (Wildman–Crippen MR) is 104 cm³/mol. The van der Waals surface area contributed by atoms with Gasteiger partial charge in [-0.15, -0.1) is 0 Å². The lowest BCUT2D eigenvalue weighted by Gasteiger charge is -2.35. The van der Waals surface area contributed by atoms with Crippen LogP contribution in [-0.4, -0.2) is 59.5 Å². The van der Waals surface area contributed by atoms with E-state index in [1.54, 1.807) is 7.11 Å². The third kappa shape index (κ3) is 4.15. The third-order valence-corrected chi connectivity index (χ3v) is 5.05. The molecule has 144 valence electrons. The number of ether oxygens (including phenoxy) is 1. The highest BCUT2D eigenvalue weighted by molar-refractivity contribution is 5.98. The number of rotatable bonds is 4. The molecule has 6 nitrogen and oxygen atoms in total. The Balaban J connectivity index is 1.64. The highest BCUT2D eigenvalue weighted by Crippen LogP contribution is 2.26. The van der Waals surface area contributed by atoms with Crippen LogP contribution in [0, 0.1) is 13.8 Å². The zero-order valence-electron chi connectivity index (χ0n) is 16.5. The standard InChI is InChI=1S/C21H27N3O3/c1-15-11-16(2)20(18(12-15)27-4)21(26)24-9-7-23(8-10-24)19(25)13-17-5-6-22(3)14-17/h5-6,11-12,14H,7-10,13H2,1-4H3. The van der Waals surface area contributed by atoms with E-state index in [9.17, 15) is 9.59 Å². The molecule has 0 N–H and O–H groups in total. The van der Waals surface area contributed by atoms with Crippen molar-refractivity contribution in [3.8, 4) is 5.75 Å². The lowest BCUT2D eigenvalue weighted by molar-refractivity contribution is -0.131. The molecule has 6 heteroatoms. The van der Waals surface area contributed by atoms with Crippen LogP contribution in [0.2, 0.25) is 0 Å². The van der Waals surface area contributed by atoms with Crippen LogP contribution in [0.15, 0.2) is 30.6 Å². The monoisotopic (exact) mass is 369 g/mol. The van der Waals surface area contributed by atoms with Crippen LogP contribution in [0.1, 0.15) is 27.0 Å². The molecule has 1 aliphatic heterocycles. The molecule has 1 fully saturated rings. The summed E-state index contributed by atoms with van der Waals surface area (Å²) < 4.78 is 7.37. The molecule has 27 heavy (non-hydrogen) atoms. The summed E-state index contributed by atoms with van der Waals surface area (Å²) >= 11 is 0. The number of carbonyl (C=O) groups is 2. The molecule has 0 atom stereocenters. The predicted octanol–water partition coefficient (Wildman–Crippen LogP) is 2.18. The fourth-order valence-electron chi connectivity index (χ4n) is 3.63. The smallest absolute Gasteiger partial charge is 0.258 e. The average molecular weight is 369 g/mol. The SMILES string of the molecule is COc1cc(C)cc(C)c1C(=O)N1CCN(C(=O)Cc2ccn(C)c2)CC1. The second-order valence-corrected chi connectivity index (χ2v) is 7.19. The Hall–Kier alpha value is -2.76. The fourth-order valence-corrected chi connectivity index (χ4v) is 3.63. The highest BCUT2D eigenvalue weighted by atomic mass is 16.5. The maximum atomic E-state index is 13.0. The number of piperazine rings is 1. The molecule has 2 aromatic rings. The Kier molecular flexibility index (Phi) is 5.54. The highest BCUT2D eigenvalue weighted by Gasteiger charge is 2.27. The van der Waals surface area contributed by atoms with E-state index in [-0.39, 0.29) is 11.8 Å². The number of carbonyl (C=O) groups excluding carboxylic acids is 2. The van der Waals surface area contributed by atoms with E-state index in [2.05, 4.69) is 0 Å². The van der Waals surface area contributed by atoms with Crippen LogP contribution in [0.5, 0.6) is 5.75 Å². The van der Waals surface area contributed by atoms with Gasteiger partial charge in [-0.05, 0) is 42.7 Å². The summed E-state index contributed by atoms with van der Waals surface area (Å²) in [5.74, 6) is 0.692. The van der Waals surface area contributed by atoms with Crippen molar-refractivity contribution >= 4 is 11.8 Å². The van der Waals surface area contributed by atoms with E-state index in [0.717, 1.165) is 16.7 Å². The minimum Gasteiger partial charge on any atom is -0.496 e. The number of amides is 2. The maximum Gasteiger partial charge on any atom is 0.258 e. The maximum absolute atomic E-state index is 13.0. The van der Waals surface area contributed by atoms with Crippen LogP contribution in [0.25, 0.3) is 0 Å². The summed E-state index contributed by atoms with van der Waals surface area (Å²) in [7, 11) is 3.53. The van der Waals surface area contributed by atoms with Gasteiger partial charge in [-0.2, -0.15) is 0 Å². The molecule has 0 aliphatic carbocycles. The Labute approximate surface area is 160 Å². The number of methoxy groups -OCH3 is 1. The first-order valence-corrected chi connectivity index (χ1v) is 9.22. The van der Waals surface area contributed by atoms with Crippen LogP contribution in [0.3, 0.4) is 0 Å². The second kappa shape index (κ2) is 7.86. The number of hydrogen-bond acceptors (Lipinski definition) is 3. The first kappa shape index (κ1) is 19.0. The van der Waals surface area contributed by atoms with Crippen molar-refractivity contribution in [1.82, 2.24) is 14.4 Å². The Bertz CT molecular complexity index is 848. The minimum atomic E-state index is -0.0282. The number of aryl methyl sites for hydroxylation is 3. The second-order valence-electron chi connectivity index (χ2n) is 7.19. The molecule has 2 heterocycles. The van der Waals surface area contributed by atoms with Gasteiger partial charge >= 0.3 is 0 Å². The van der Waals surface area contributed by atoms with E-state index in [1.165, 1.54) is 0 Å². The van der Waals surface area contributed by atoms with Gasteiger partial charge in [0.15, 0.2) is 0 Å². The van der Waals surface area contributed by atoms with E-state index in [0.29, 0.717) is 43.9 Å². The summed E-state index contributed by atoms with van der Waals surface area (Å²) in [6.07, 6.45) is 4.31. The Morgan fingerprint density at radius 1 is 1.07 bits per heavy atom. The molecule has 0 radical (unpaired) electrons. The summed E-state index contributed by atoms with van der Waals surface area (Å²) in [5.41, 5.74) is 3.62. The molecule has 1 aromatic carbocycles.